The number of piperazine rings is 1. The number of β-lactam (4-membered cyclic amide) rings is 1. The number of thioether (sulfide) groups is 1. The van der Waals surface area contributed by atoms with Gasteiger partial charge in [-0.2, -0.15) is 0 Å². The summed E-state index contributed by atoms with van der Waals surface area (Å²) in [5.41, 5.74) is 0. The molecule has 15 nitrogen and oxygen atoms in total. The van der Waals surface area contributed by atoms with Gasteiger partial charge in [-0.1, -0.05) is 64.8 Å². The smallest absolute Gasteiger partial charge is 0.410 e. The summed E-state index contributed by atoms with van der Waals surface area (Å²) in [5.74, 6) is -1.90. The minimum Gasteiger partial charge on any atom is -0.445 e. The minimum atomic E-state index is -2.16. The first kappa shape index (κ1) is 44.0. The van der Waals surface area contributed by atoms with Gasteiger partial charge in [0.25, 0.3) is 5.91 Å². The van der Waals surface area contributed by atoms with Crippen molar-refractivity contribution in [1.29, 1.82) is 0 Å². The molecule has 0 saturated carbocycles. The first-order chi connectivity index (χ1) is 24.8. The molecule has 3 rings (SSSR count). The lowest BCUT2D eigenvalue weighted by atomic mass is 9.79. The lowest BCUT2D eigenvalue weighted by Gasteiger charge is -2.46. The van der Waals surface area contributed by atoms with Crippen LogP contribution < -0.4 is 10.6 Å². The molecule has 0 aromatic carbocycles. The number of ether oxygens (including phenoxy) is 2. The Labute approximate surface area is 318 Å². The molecule has 0 aliphatic carbocycles. The summed E-state index contributed by atoms with van der Waals surface area (Å²) in [6.07, 6.45) is 0.676. The van der Waals surface area contributed by atoms with E-state index in [1.807, 2.05) is 6.92 Å². The molecular formula is C36H59N5O10SSi. The Hall–Kier alpha value is -3.41. The van der Waals surface area contributed by atoms with Gasteiger partial charge in [0.05, 0.1) is 18.1 Å². The number of hydrogen-bond donors (Lipinski definition) is 3. The van der Waals surface area contributed by atoms with E-state index in [2.05, 4.69) is 57.7 Å². The molecule has 0 aromatic heterocycles. The van der Waals surface area contributed by atoms with E-state index < -0.39 is 56.4 Å². The van der Waals surface area contributed by atoms with Gasteiger partial charge in [-0.3, -0.25) is 24.1 Å². The number of nitrogens with one attached hydrogen (secondary N) is 2. The van der Waals surface area contributed by atoms with Crippen LogP contribution in [-0.2, 0) is 33.1 Å². The van der Waals surface area contributed by atoms with Gasteiger partial charge >= 0.3 is 12.2 Å². The van der Waals surface area contributed by atoms with Gasteiger partial charge in [0.1, 0.15) is 25.4 Å². The van der Waals surface area contributed by atoms with Gasteiger partial charge in [0.2, 0.25) is 11.8 Å². The van der Waals surface area contributed by atoms with Crippen molar-refractivity contribution in [2.45, 2.75) is 102 Å². The number of likely N-dealkylation sites (tertiary alicyclic amines) is 1. The molecule has 5 amide bonds. The fourth-order valence-electron chi connectivity index (χ4n) is 6.39. The molecule has 0 bridgehead atoms. The third kappa shape index (κ3) is 11.5. The summed E-state index contributed by atoms with van der Waals surface area (Å²) < 4.78 is 16.6. The monoisotopic (exact) mass is 781 g/mol. The highest BCUT2D eigenvalue weighted by Crippen LogP contribution is 2.40. The highest BCUT2D eigenvalue weighted by atomic mass is 32.2. The lowest BCUT2D eigenvalue weighted by molar-refractivity contribution is -0.147. The standard InChI is InChI=1S/C36H59N5O10SSi/c1-10-19-49-34(47)37-14-12-13-27(42)32(45)40-17-15-39(16-18-40)31(44)26-21-25(22-41(26)35(48)50-20-11-2)52-33(46)23(3)29-28(30(43)38-29)24(4)51-53(8,9)36(5,6)7/h10-11,23-29,42H,1-2,12-22H2,3-9H3,(H,37,47)(H,38,43)/t23-,24-,25+,26+,27+,28-,29-/m1/s1. The van der Waals surface area contributed by atoms with Crippen molar-refractivity contribution in [3.8, 4) is 0 Å². The summed E-state index contributed by atoms with van der Waals surface area (Å²) in [7, 11) is -2.16. The molecule has 298 valence electrons. The number of aliphatic hydroxyl groups excluding tert-OH is 1. The van der Waals surface area contributed by atoms with E-state index in [-0.39, 0.29) is 98.6 Å². The van der Waals surface area contributed by atoms with Crippen molar-refractivity contribution in [2.24, 2.45) is 11.8 Å². The zero-order chi connectivity index (χ0) is 39.7. The Bertz CT molecular complexity index is 1370. The number of carbonyl (C=O) groups excluding carboxylic acids is 6. The van der Waals surface area contributed by atoms with Crippen LogP contribution in [0.4, 0.5) is 9.59 Å². The molecule has 53 heavy (non-hydrogen) atoms. The quantitative estimate of drug-likeness (QED) is 0.0906. The third-order valence-electron chi connectivity index (χ3n) is 10.5. The van der Waals surface area contributed by atoms with E-state index >= 15 is 0 Å². The molecule has 17 heteroatoms. The molecule has 0 radical (unpaired) electrons. The molecule has 3 heterocycles. The van der Waals surface area contributed by atoms with Crippen LogP contribution in [0.15, 0.2) is 25.3 Å². The molecule has 3 saturated heterocycles. The Morgan fingerprint density at radius 3 is 2.23 bits per heavy atom. The van der Waals surface area contributed by atoms with Crippen LogP contribution in [0.25, 0.3) is 0 Å². The van der Waals surface area contributed by atoms with Crippen LogP contribution in [0.3, 0.4) is 0 Å². The highest BCUT2D eigenvalue weighted by Gasteiger charge is 2.51. The average Bonchev–Trinajstić information content (AvgIpc) is 3.52. The first-order valence-corrected chi connectivity index (χ1v) is 22.1. The zero-order valence-corrected chi connectivity index (χ0v) is 34.1. The van der Waals surface area contributed by atoms with E-state index in [0.717, 1.165) is 11.8 Å². The maximum atomic E-state index is 13.9. The highest BCUT2D eigenvalue weighted by molar-refractivity contribution is 8.14. The van der Waals surface area contributed by atoms with Crippen molar-refractivity contribution in [1.82, 2.24) is 25.3 Å². The van der Waals surface area contributed by atoms with Gasteiger partial charge in [0, 0.05) is 50.4 Å². The van der Waals surface area contributed by atoms with Gasteiger partial charge in [-0.25, -0.2) is 9.59 Å². The summed E-state index contributed by atoms with van der Waals surface area (Å²) >= 11 is 1.08. The third-order valence-corrected chi connectivity index (χ3v) is 16.4. The zero-order valence-electron chi connectivity index (χ0n) is 32.3. The van der Waals surface area contributed by atoms with Crippen LogP contribution in [0.2, 0.25) is 18.1 Å². The van der Waals surface area contributed by atoms with Crippen molar-refractivity contribution in [2.75, 3.05) is 52.5 Å². The Morgan fingerprint density at radius 2 is 1.64 bits per heavy atom. The summed E-state index contributed by atoms with van der Waals surface area (Å²) in [5, 5.41) is 15.3. The Balaban J connectivity index is 1.57. The molecule has 3 N–H and O–H groups in total. The van der Waals surface area contributed by atoms with Gasteiger partial charge in [-0.15, -0.1) is 0 Å². The fourth-order valence-corrected chi connectivity index (χ4v) is 9.02. The number of carbonyl (C=O) groups is 6. The second-order valence-electron chi connectivity index (χ2n) is 15.4. The van der Waals surface area contributed by atoms with Gasteiger partial charge < -0.3 is 39.4 Å². The number of rotatable bonds is 16. The molecule has 0 spiro atoms. The van der Waals surface area contributed by atoms with E-state index in [1.165, 1.54) is 22.0 Å². The van der Waals surface area contributed by atoms with Gasteiger partial charge in [0.15, 0.2) is 13.4 Å². The van der Waals surface area contributed by atoms with Crippen molar-refractivity contribution in [3.05, 3.63) is 25.3 Å². The van der Waals surface area contributed by atoms with Crippen LogP contribution in [0.1, 0.15) is 53.9 Å². The molecule has 3 aliphatic heterocycles. The maximum absolute atomic E-state index is 13.9. The number of amides is 5. The first-order valence-electron chi connectivity index (χ1n) is 18.3. The van der Waals surface area contributed by atoms with Crippen molar-refractivity contribution < 1.29 is 47.8 Å². The largest absolute Gasteiger partial charge is 0.445 e. The van der Waals surface area contributed by atoms with Crippen LogP contribution in [0, 0.1) is 11.8 Å². The predicted molar refractivity (Wildman–Crippen MR) is 203 cm³/mol. The number of aliphatic hydroxyl groups is 1. The summed E-state index contributed by atoms with van der Waals surface area (Å²) in [6.45, 7) is 22.6. The SMILES string of the molecule is C=CCOC(=O)NCCC[C@H](O)C(=O)N1CCN(C(=O)[C@@H]2C[C@H](SC(=O)[C@H](C)[C@H]3NC(=O)[C@@H]3[C@@H](C)O[Si](C)(C)C(C)(C)C)CN2C(=O)OCC=C)CC1. The van der Waals surface area contributed by atoms with E-state index in [0.29, 0.717) is 6.42 Å². The number of alkyl carbamates (subject to hydrolysis) is 1. The van der Waals surface area contributed by atoms with E-state index in [1.54, 1.807) is 11.8 Å². The summed E-state index contributed by atoms with van der Waals surface area (Å²) in [4.78, 5) is 82.2. The lowest BCUT2D eigenvalue weighted by Crippen LogP contribution is -2.66. The fraction of sp³-hybridized carbons (Fsp3) is 0.722. The minimum absolute atomic E-state index is 0.0408. The maximum Gasteiger partial charge on any atom is 0.410 e. The average molecular weight is 782 g/mol. The molecular weight excluding hydrogens is 723 g/mol. The van der Waals surface area contributed by atoms with Crippen molar-refractivity contribution in [3.63, 3.8) is 0 Å². The molecule has 0 aromatic rings. The van der Waals surface area contributed by atoms with E-state index in [9.17, 15) is 33.9 Å². The predicted octanol–water partition coefficient (Wildman–Crippen LogP) is 2.90. The molecule has 0 unspecified atom stereocenters. The van der Waals surface area contributed by atoms with Gasteiger partial charge in [-0.05, 0) is 44.3 Å². The molecule has 7 atom stereocenters. The van der Waals surface area contributed by atoms with Crippen LogP contribution in [-0.4, -0.2) is 145 Å². The van der Waals surface area contributed by atoms with Crippen LogP contribution >= 0.6 is 11.8 Å². The number of hydrogen-bond acceptors (Lipinski definition) is 11. The number of nitrogens with zero attached hydrogens (tertiary/aromatic N) is 3. The van der Waals surface area contributed by atoms with Crippen LogP contribution in [0.5, 0.6) is 0 Å². The normalized spacial score (nSPS) is 23.5. The topological polar surface area (TPSA) is 184 Å². The molecule has 3 aliphatic rings. The molecule has 3 fully saturated rings. The second-order valence-corrected chi connectivity index (χ2v) is 21.4. The Morgan fingerprint density at radius 1 is 1.04 bits per heavy atom. The second kappa shape index (κ2) is 19.3. The Kier molecular flexibility index (Phi) is 16.0. The summed E-state index contributed by atoms with van der Waals surface area (Å²) in [6, 6.07) is -1.27. The van der Waals surface area contributed by atoms with Crippen molar-refractivity contribution >= 4 is 55.1 Å². The van der Waals surface area contributed by atoms with E-state index in [4.69, 9.17) is 13.9 Å².